The molecule has 0 bridgehead atoms. The van der Waals surface area contributed by atoms with Crippen LogP contribution in [-0.4, -0.2) is 10.7 Å². The van der Waals surface area contributed by atoms with Crippen LogP contribution in [0.1, 0.15) is 104 Å². The van der Waals surface area contributed by atoms with Crippen molar-refractivity contribution in [1.29, 1.82) is 0 Å². The second kappa shape index (κ2) is 8.89. The summed E-state index contributed by atoms with van der Waals surface area (Å²) in [6.07, 6.45) is 24.0. The maximum Gasteiger partial charge on any atom is 0.0591 e. The van der Waals surface area contributed by atoms with Crippen LogP contribution in [-0.2, 0) is 0 Å². The number of rotatable bonds is 6. The molecule has 3 unspecified atom stereocenters. The fraction of sp³-hybridized carbons (Fsp3) is 0.833. The Morgan fingerprint density at radius 1 is 0.920 bits per heavy atom. The lowest BCUT2D eigenvalue weighted by Gasteiger charge is -2.32. The Kier molecular flexibility index (Phi) is 6.83. The summed E-state index contributed by atoms with van der Waals surface area (Å²) in [5.41, 5.74) is 3.02. The summed E-state index contributed by atoms with van der Waals surface area (Å²) in [7, 11) is 0. The van der Waals surface area contributed by atoms with Crippen LogP contribution in [0.25, 0.3) is 0 Å². The first-order valence-electron chi connectivity index (χ1n) is 11.1. The molecule has 0 saturated heterocycles. The standard InChI is InChI=1S/C24H40O/c1-24(2,25)18-7-6-11-20-16-17-23-21(12-8-13-22(20)23)15-14-19-9-4-3-5-10-19/h14-15,20,22-23,25H,3-13,16-18H2,1-2H3/b21-15+. The van der Waals surface area contributed by atoms with Gasteiger partial charge in [-0.1, -0.05) is 49.0 Å². The van der Waals surface area contributed by atoms with Crippen molar-refractivity contribution in [2.75, 3.05) is 0 Å². The fourth-order valence-electron chi connectivity index (χ4n) is 5.70. The van der Waals surface area contributed by atoms with E-state index < -0.39 is 5.60 Å². The summed E-state index contributed by atoms with van der Waals surface area (Å²) in [5, 5.41) is 9.89. The molecule has 1 nitrogen and oxygen atoms in total. The maximum absolute atomic E-state index is 9.89. The molecular formula is C24H40O. The normalized spacial score (nSPS) is 32.0. The van der Waals surface area contributed by atoms with E-state index in [2.05, 4.69) is 12.2 Å². The van der Waals surface area contributed by atoms with Gasteiger partial charge in [-0.3, -0.25) is 0 Å². The van der Waals surface area contributed by atoms with Gasteiger partial charge in [0.25, 0.3) is 0 Å². The van der Waals surface area contributed by atoms with Crippen molar-refractivity contribution < 1.29 is 5.11 Å². The molecular weight excluding hydrogens is 304 g/mol. The van der Waals surface area contributed by atoms with Crippen LogP contribution in [0.3, 0.4) is 0 Å². The van der Waals surface area contributed by atoms with Crippen molar-refractivity contribution in [3.05, 3.63) is 23.3 Å². The molecule has 142 valence electrons. The van der Waals surface area contributed by atoms with E-state index in [1.807, 2.05) is 13.8 Å². The van der Waals surface area contributed by atoms with Gasteiger partial charge in [0.05, 0.1) is 5.60 Å². The molecule has 0 radical (unpaired) electrons. The van der Waals surface area contributed by atoms with Gasteiger partial charge in [-0.05, 0) is 95.8 Å². The Hall–Kier alpha value is -0.560. The molecule has 1 heteroatoms. The first-order chi connectivity index (χ1) is 12.0. The minimum atomic E-state index is -0.481. The lowest BCUT2D eigenvalue weighted by atomic mass is 9.73. The molecule has 3 aliphatic carbocycles. The maximum atomic E-state index is 9.89. The van der Waals surface area contributed by atoms with Gasteiger partial charge in [0.2, 0.25) is 0 Å². The summed E-state index contributed by atoms with van der Waals surface area (Å²) >= 11 is 0. The number of allylic oxidation sites excluding steroid dienone is 4. The monoisotopic (exact) mass is 344 g/mol. The Morgan fingerprint density at radius 3 is 2.48 bits per heavy atom. The van der Waals surface area contributed by atoms with E-state index in [0.717, 1.165) is 24.2 Å². The Labute approximate surface area is 156 Å². The van der Waals surface area contributed by atoms with E-state index in [0.29, 0.717) is 0 Å². The van der Waals surface area contributed by atoms with Gasteiger partial charge in [-0.25, -0.2) is 0 Å². The molecule has 0 aromatic rings. The molecule has 0 aliphatic heterocycles. The molecule has 0 aromatic heterocycles. The zero-order valence-corrected chi connectivity index (χ0v) is 16.7. The molecule has 0 heterocycles. The first kappa shape index (κ1) is 19.2. The zero-order valence-electron chi connectivity index (χ0n) is 16.7. The van der Waals surface area contributed by atoms with Gasteiger partial charge in [-0.2, -0.15) is 0 Å². The van der Waals surface area contributed by atoms with E-state index in [1.165, 1.54) is 83.5 Å². The topological polar surface area (TPSA) is 20.2 Å². The highest BCUT2D eigenvalue weighted by atomic mass is 16.3. The van der Waals surface area contributed by atoms with E-state index in [9.17, 15) is 5.11 Å². The number of aliphatic hydroxyl groups is 1. The molecule has 3 aliphatic rings. The third kappa shape index (κ3) is 5.71. The van der Waals surface area contributed by atoms with Gasteiger partial charge in [-0.15, -0.1) is 0 Å². The molecule has 3 fully saturated rings. The third-order valence-electron chi connectivity index (χ3n) is 7.09. The van der Waals surface area contributed by atoms with Gasteiger partial charge < -0.3 is 5.11 Å². The summed E-state index contributed by atoms with van der Waals surface area (Å²) in [6.45, 7) is 3.88. The van der Waals surface area contributed by atoms with Crippen molar-refractivity contribution in [2.24, 2.45) is 17.8 Å². The number of hydrogen-bond acceptors (Lipinski definition) is 1. The van der Waals surface area contributed by atoms with Crippen LogP contribution in [0.2, 0.25) is 0 Å². The summed E-state index contributed by atoms with van der Waals surface area (Å²) in [5.74, 6) is 2.82. The number of hydrogen-bond donors (Lipinski definition) is 1. The van der Waals surface area contributed by atoms with E-state index >= 15 is 0 Å². The Morgan fingerprint density at radius 2 is 1.72 bits per heavy atom. The molecule has 0 aromatic carbocycles. The highest BCUT2D eigenvalue weighted by Crippen LogP contribution is 2.50. The van der Waals surface area contributed by atoms with Crippen LogP contribution in [0.15, 0.2) is 23.3 Å². The van der Waals surface area contributed by atoms with Gasteiger partial charge in [0.15, 0.2) is 0 Å². The second-order valence-electron chi connectivity index (χ2n) is 9.69. The molecule has 0 amide bonds. The van der Waals surface area contributed by atoms with Crippen molar-refractivity contribution >= 4 is 0 Å². The zero-order chi connectivity index (χ0) is 17.7. The summed E-state index contributed by atoms with van der Waals surface area (Å²) < 4.78 is 0. The van der Waals surface area contributed by atoms with Crippen LogP contribution in [0.5, 0.6) is 0 Å². The quantitative estimate of drug-likeness (QED) is 0.516. The number of fused-ring (bicyclic) bond motifs is 1. The minimum Gasteiger partial charge on any atom is -0.390 e. The molecule has 3 saturated carbocycles. The van der Waals surface area contributed by atoms with Crippen molar-refractivity contribution in [2.45, 2.75) is 109 Å². The van der Waals surface area contributed by atoms with Crippen LogP contribution in [0.4, 0.5) is 0 Å². The number of unbranched alkanes of at least 4 members (excludes halogenated alkanes) is 1. The van der Waals surface area contributed by atoms with Gasteiger partial charge >= 0.3 is 0 Å². The smallest absolute Gasteiger partial charge is 0.0591 e. The van der Waals surface area contributed by atoms with Crippen LogP contribution >= 0.6 is 0 Å². The predicted molar refractivity (Wildman–Crippen MR) is 108 cm³/mol. The summed E-state index contributed by atoms with van der Waals surface area (Å²) in [6, 6.07) is 0. The average Bonchev–Trinajstić information content (AvgIpc) is 3.01. The van der Waals surface area contributed by atoms with Crippen LogP contribution in [0, 0.1) is 17.8 Å². The second-order valence-corrected chi connectivity index (χ2v) is 9.69. The lowest BCUT2D eigenvalue weighted by Crippen LogP contribution is -2.21. The molecule has 25 heavy (non-hydrogen) atoms. The molecule has 1 N–H and O–H groups in total. The van der Waals surface area contributed by atoms with E-state index in [4.69, 9.17) is 0 Å². The third-order valence-corrected chi connectivity index (χ3v) is 7.09. The first-order valence-corrected chi connectivity index (χ1v) is 11.1. The highest BCUT2D eigenvalue weighted by Gasteiger charge is 2.39. The minimum absolute atomic E-state index is 0.481. The summed E-state index contributed by atoms with van der Waals surface area (Å²) in [4.78, 5) is 0. The van der Waals surface area contributed by atoms with Gasteiger partial charge in [0, 0.05) is 0 Å². The van der Waals surface area contributed by atoms with E-state index in [-0.39, 0.29) is 0 Å². The average molecular weight is 345 g/mol. The SMILES string of the molecule is CC(C)(O)CCCCC1CCC2/C(=C/C=C3CCCCC3)CCCC12. The van der Waals surface area contributed by atoms with E-state index in [1.54, 1.807) is 11.1 Å². The largest absolute Gasteiger partial charge is 0.390 e. The van der Waals surface area contributed by atoms with Crippen molar-refractivity contribution in [3.8, 4) is 0 Å². The lowest BCUT2D eigenvalue weighted by molar-refractivity contribution is 0.0673. The predicted octanol–water partition coefficient (Wildman–Crippen LogP) is 6.96. The van der Waals surface area contributed by atoms with Crippen molar-refractivity contribution in [3.63, 3.8) is 0 Å². The van der Waals surface area contributed by atoms with Crippen molar-refractivity contribution in [1.82, 2.24) is 0 Å². The molecule has 3 atom stereocenters. The van der Waals surface area contributed by atoms with Crippen LogP contribution < -0.4 is 0 Å². The molecule has 3 rings (SSSR count). The fourth-order valence-corrected chi connectivity index (χ4v) is 5.70. The molecule has 0 spiro atoms. The van der Waals surface area contributed by atoms with Gasteiger partial charge in [0.1, 0.15) is 0 Å². The highest BCUT2D eigenvalue weighted by molar-refractivity contribution is 5.23. The Balaban J connectivity index is 1.51. The Bertz CT molecular complexity index is 471.